The molecule has 0 saturated carbocycles. The van der Waals surface area contributed by atoms with Gasteiger partial charge in [0.1, 0.15) is 5.75 Å². The minimum Gasteiger partial charge on any atom is -0.435 e. The molecule has 1 aliphatic heterocycles. The van der Waals surface area contributed by atoms with Crippen molar-refractivity contribution < 1.29 is 23.1 Å². The first-order valence-corrected chi connectivity index (χ1v) is 11.7. The van der Waals surface area contributed by atoms with E-state index in [-0.39, 0.29) is 11.7 Å². The Kier molecular flexibility index (Phi) is 6.67. The van der Waals surface area contributed by atoms with Crippen LogP contribution in [0.1, 0.15) is 15.9 Å². The molecule has 190 valence electrons. The molecule has 0 spiro atoms. The zero-order chi connectivity index (χ0) is 25.9. The number of hydrogen-bond acceptors (Lipinski definition) is 6. The molecule has 1 saturated heterocycles. The van der Waals surface area contributed by atoms with E-state index in [0.29, 0.717) is 43.2 Å². The monoisotopic (exact) mass is 506 g/mol. The summed E-state index contributed by atoms with van der Waals surface area (Å²) in [5.41, 5.74) is 4.29. The summed E-state index contributed by atoms with van der Waals surface area (Å²) in [6.45, 7) is 1.08. The summed E-state index contributed by atoms with van der Waals surface area (Å²) >= 11 is 0. The fourth-order valence-corrected chi connectivity index (χ4v) is 4.35. The number of alkyl halides is 2. The van der Waals surface area contributed by atoms with Crippen molar-refractivity contribution >= 4 is 29.5 Å². The van der Waals surface area contributed by atoms with E-state index in [2.05, 4.69) is 20.0 Å². The lowest BCUT2D eigenvalue weighted by Crippen LogP contribution is -2.48. The molecule has 0 unspecified atom stereocenters. The van der Waals surface area contributed by atoms with Crippen LogP contribution in [0.3, 0.4) is 0 Å². The molecule has 37 heavy (non-hydrogen) atoms. The normalized spacial score (nSPS) is 13.7. The summed E-state index contributed by atoms with van der Waals surface area (Å²) in [6, 6.07) is 11.8. The predicted molar refractivity (Wildman–Crippen MR) is 133 cm³/mol. The highest BCUT2D eigenvalue weighted by Crippen LogP contribution is 2.28. The van der Waals surface area contributed by atoms with Gasteiger partial charge in [0.05, 0.1) is 11.9 Å². The standard InChI is InChI=1S/C26H24F2N6O3/c1-17-14-19(4-7-21(17)25(36)33-12-10-32(16-35)11-13-33)31-23-24-30-15-22(34(24)9-8-29-23)18-2-5-20(6-3-18)37-26(27)28/h2-9,14-16,26H,10-13H2,1H3,(H,29,31). The molecule has 0 atom stereocenters. The van der Waals surface area contributed by atoms with Crippen LogP contribution in [-0.2, 0) is 4.79 Å². The first kappa shape index (κ1) is 24.2. The van der Waals surface area contributed by atoms with Crippen molar-refractivity contribution in [3.63, 3.8) is 0 Å². The number of nitrogens with one attached hydrogen (secondary N) is 1. The third-order valence-electron chi connectivity index (χ3n) is 6.27. The molecule has 1 aliphatic rings. The van der Waals surface area contributed by atoms with Crippen molar-refractivity contribution in [2.24, 2.45) is 0 Å². The number of anilines is 2. The Morgan fingerprint density at radius 3 is 2.51 bits per heavy atom. The highest BCUT2D eigenvalue weighted by molar-refractivity contribution is 5.96. The number of carbonyl (C=O) groups excluding carboxylic acids is 2. The van der Waals surface area contributed by atoms with Gasteiger partial charge >= 0.3 is 6.61 Å². The Labute approximate surface area is 211 Å². The Hall–Kier alpha value is -4.54. The molecule has 1 N–H and O–H groups in total. The lowest BCUT2D eigenvalue weighted by molar-refractivity contribution is -0.119. The maximum atomic E-state index is 13.0. The van der Waals surface area contributed by atoms with E-state index in [9.17, 15) is 18.4 Å². The third-order valence-corrected chi connectivity index (χ3v) is 6.27. The number of amides is 2. The van der Waals surface area contributed by atoms with E-state index < -0.39 is 6.61 Å². The number of imidazole rings is 1. The van der Waals surface area contributed by atoms with Gasteiger partial charge in [-0.2, -0.15) is 8.78 Å². The molecule has 0 radical (unpaired) electrons. The molecule has 4 aromatic rings. The molecule has 2 aromatic heterocycles. The van der Waals surface area contributed by atoms with Crippen molar-refractivity contribution in [2.75, 3.05) is 31.5 Å². The average Bonchev–Trinajstić information content (AvgIpc) is 3.34. The Bertz CT molecular complexity index is 1430. The minimum atomic E-state index is -2.88. The number of rotatable bonds is 7. The molecule has 11 heteroatoms. The van der Waals surface area contributed by atoms with Crippen LogP contribution in [-0.4, -0.2) is 69.3 Å². The van der Waals surface area contributed by atoms with E-state index >= 15 is 0 Å². The summed E-state index contributed by atoms with van der Waals surface area (Å²) in [5, 5.41) is 3.27. The second-order valence-electron chi connectivity index (χ2n) is 8.60. The molecule has 0 aliphatic carbocycles. The summed E-state index contributed by atoms with van der Waals surface area (Å²) in [6.07, 6.45) is 5.90. The number of piperazine rings is 1. The summed E-state index contributed by atoms with van der Waals surface area (Å²) < 4.78 is 31.2. The van der Waals surface area contributed by atoms with Crippen LogP contribution in [0, 0.1) is 6.92 Å². The van der Waals surface area contributed by atoms with Gasteiger partial charge in [0.25, 0.3) is 5.91 Å². The summed E-state index contributed by atoms with van der Waals surface area (Å²) in [7, 11) is 0. The predicted octanol–water partition coefficient (Wildman–Crippen LogP) is 3.96. The third kappa shape index (κ3) is 5.06. The van der Waals surface area contributed by atoms with Crippen molar-refractivity contribution in [1.29, 1.82) is 0 Å². The Morgan fingerprint density at radius 2 is 1.84 bits per heavy atom. The highest BCUT2D eigenvalue weighted by Gasteiger charge is 2.22. The zero-order valence-corrected chi connectivity index (χ0v) is 20.0. The van der Waals surface area contributed by atoms with Crippen LogP contribution in [0.15, 0.2) is 61.1 Å². The van der Waals surface area contributed by atoms with Gasteiger partial charge in [0, 0.05) is 55.4 Å². The van der Waals surface area contributed by atoms with Gasteiger partial charge in [0.2, 0.25) is 6.41 Å². The Morgan fingerprint density at radius 1 is 1.08 bits per heavy atom. The van der Waals surface area contributed by atoms with Crippen LogP contribution in [0.4, 0.5) is 20.3 Å². The van der Waals surface area contributed by atoms with E-state index in [1.165, 1.54) is 12.1 Å². The fraction of sp³-hybridized carbons (Fsp3) is 0.231. The number of fused-ring (bicyclic) bond motifs is 1. The van der Waals surface area contributed by atoms with Crippen LogP contribution >= 0.6 is 0 Å². The SMILES string of the molecule is Cc1cc(Nc2nccn3c(-c4ccc(OC(F)F)cc4)cnc23)ccc1C(=O)N1CCN(C=O)CC1. The average molecular weight is 507 g/mol. The van der Waals surface area contributed by atoms with Gasteiger partial charge in [-0.15, -0.1) is 0 Å². The van der Waals surface area contributed by atoms with Gasteiger partial charge in [0.15, 0.2) is 11.5 Å². The van der Waals surface area contributed by atoms with Crippen molar-refractivity contribution in [2.45, 2.75) is 13.5 Å². The molecular weight excluding hydrogens is 482 g/mol. The molecule has 2 amide bonds. The molecule has 5 rings (SSSR count). The van der Waals surface area contributed by atoms with E-state index in [1.54, 1.807) is 46.6 Å². The maximum absolute atomic E-state index is 13.0. The van der Waals surface area contributed by atoms with E-state index in [1.807, 2.05) is 23.5 Å². The highest BCUT2D eigenvalue weighted by atomic mass is 19.3. The number of hydrogen-bond donors (Lipinski definition) is 1. The number of aryl methyl sites for hydroxylation is 1. The van der Waals surface area contributed by atoms with Crippen molar-refractivity contribution in [3.05, 3.63) is 72.2 Å². The van der Waals surface area contributed by atoms with Crippen LogP contribution in [0.2, 0.25) is 0 Å². The smallest absolute Gasteiger partial charge is 0.387 e. The van der Waals surface area contributed by atoms with E-state index in [0.717, 1.165) is 28.9 Å². The van der Waals surface area contributed by atoms with Crippen LogP contribution in [0.25, 0.3) is 16.9 Å². The van der Waals surface area contributed by atoms with E-state index in [4.69, 9.17) is 0 Å². The summed E-state index contributed by atoms with van der Waals surface area (Å²) in [4.78, 5) is 36.3. The van der Waals surface area contributed by atoms with Crippen LogP contribution < -0.4 is 10.1 Å². The Balaban J connectivity index is 1.34. The van der Waals surface area contributed by atoms with Gasteiger partial charge in [-0.1, -0.05) is 0 Å². The molecular formula is C26H24F2N6O3. The molecule has 0 bridgehead atoms. The number of ether oxygens (including phenoxy) is 1. The van der Waals surface area contributed by atoms with Crippen molar-refractivity contribution in [3.8, 4) is 17.0 Å². The van der Waals surface area contributed by atoms with Gasteiger partial charge in [-0.25, -0.2) is 9.97 Å². The number of carbonyl (C=O) groups is 2. The lowest BCUT2D eigenvalue weighted by Gasteiger charge is -2.32. The number of benzene rings is 2. The second-order valence-corrected chi connectivity index (χ2v) is 8.60. The van der Waals surface area contributed by atoms with Gasteiger partial charge in [-0.3, -0.25) is 14.0 Å². The molecule has 9 nitrogen and oxygen atoms in total. The summed E-state index contributed by atoms with van der Waals surface area (Å²) in [5.74, 6) is 0.546. The fourth-order valence-electron chi connectivity index (χ4n) is 4.35. The molecule has 3 heterocycles. The maximum Gasteiger partial charge on any atom is 0.387 e. The second kappa shape index (κ2) is 10.2. The first-order chi connectivity index (χ1) is 17.9. The van der Waals surface area contributed by atoms with Gasteiger partial charge < -0.3 is 19.9 Å². The molecule has 2 aromatic carbocycles. The zero-order valence-electron chi connectivity index (χ0n) is 20.0. The lowest BCUT2D eigenvalue weighted by atomic mass is 10.1. The minimum absolute atomic E-state index is 0.0577. The topological polar surface area (TPSA) is 92.1 Å². The number of nitrogens with zero attached hydrogens (tertiary/aromatic N) is 5. The van der Waals surface area contributed by atoms with Crippen LogP contribution in [0.5, 0.6) is 5.75 Å². The van der Waals surface area contributed by atoms with Gasteiger partial charge in [-0.05, 0) is 55.0 Å². The van der Waals surface area contributed by atoms with Crippen molar-refractivity contribution in [1.82, 2.24) is 24.2 Å². The first-order valence-electron chi connectivity index (χ1n) is 11.7. The number of halogens is 2. The quantitative estimate of drug-likeness (QED) is 0.382. The number of aromatic nitrogens is 3. The molecule has 1 fully saturated rings. The largest absolute Gasteiger partial charge is 0.435 e.